The highest BCUT2D eigenvalue weighted by molar-refractivity contribution is 7.89. The second-order valence-electron chi connectivity index (χ2n) is 6.76. The van der Waals surface area contributed by atoms with Crippen molar-refractivity contribution < 1.29 is 22.9 Å². The molecule has 31 heavy (non-hydrogen) atoms. The second-order valence-corrected chi connectivity index (χ2v) is 8.88. The molecule has 0 saturated heterocycles. The molecule has 10 nitrogen and oxygen atoms in total. The average molecular weight is 451 g/mol. The van der Waals surface area contributed by atoms with Crippen LogP contribution in [0, 0.1) is 10.1 Å². The molecule has 0 aliphatic rings. The Bertz CT molecular complexity index is 1020. The lowest BCUT2D eigenvalue weighted by Gasteiger charge is -2.16. The van der Waals surface area contributed by atoms with E-state index in [4.69, 9.17) is 4.74 Å². The highest BCUT2D eigenvalue weighted by Gasteiger charge is 2.23. The Labute approximate surface area is 181 Å². The van der Waals surface area contributed by atoms with Gasteiger partial charge >= 0.3 is 0 Å². The summed E-state index contributed by atoms with van der Waals surface area (Å²) in [4.78, 5) is 22.4. The summed E-state index contributed by atoms with van der Waals surface area (Å²) in [5.74, 6) is -0.0376. The van der Waals surface area contributed by atoms with Crippen LogP contribution in [0.1, 0.15) is 19.8 Å². The molecule has 0 heterocycles. The summed E-state index contributed by atoms with van der Waals surface area (Å²) < 4.78 is 31.6. The number of benzene rings is 2. The normalized spacial score (nSPS) is 11.2. The van der Waals surface area contributed by atoms with Crippen molar-refractivity contribution in [2.75, 3.05) is 37.9 Å². The van der Waals surface area contributed by atoms with Gasteiger partial charge in [0.05, 0.1) is 11.5 Å². The number of sulfonamides is 1. The fourth-order valence-corrected chi connectivity index (χ4v) is 3.72. The van der Waals surface area contributed by atoms with Gasteiger partial charge in [-0.05, 0) is 43.7 Å². The molecule has 168 valence electrons. The Hall–Kier alpha value is -3.18. The van der Waals surface area contributed by atoms with E-state index >= 15 is 0 Å². The van der Waals surface area contributed by atoms with Crippen molar-refractivity contribution in [1.29, 1.82) is 0 Å². The standard InChI is InChI=1S/C20H26N4O6S/c1-4-30-18-12-9-16(14-19(18)31(28,29)23(2)3)22-20(25)6-5-13-21-15-7-10-17(11-8-15)24(26)27/h7-12,14,21H,4-6,13H2,1-3H3,(H,22,25). The molecule has 2 N–H and O–H groups in total. The van der Waals surface area contributed by atoms with Crippen LogP contribution in [0.2, 0.25) is 0 Å². The fraction of sp³-hybridized carbons (Fsp3) is 0.350. The zero-order valence-electron chi connectivity index (χ0n) is 17.6. The second kappa shape index (κ2) is 10.7. The predicted octanol–water partition coefficient (Wildman–Crippen LogP) is 3.07. The summed E-state index contributed by atoms with van der Waals surface area (Å²) in [7, 11) is -0.893. The number of ether oxygens (including phenoxy) is 1. The lowest BCUT2D eigenvalue weighted by molar-refractivity contribution is -0.384. The van der Waals surface area contributed by atoms with Gasteiger partial charge in [0, 0.05) is 50.6 Å². The zero-order valence-corrected chi connectivity index (χ0v) is 18.4. The fourth-order valence-electron chi connectivity index (χ4n) is 2.67. The molecule has 0 atom stereocenters. The predicted molar refractivity (Wildman–Crippen MR) is 118 cm³/mol. The van der Waals surface area contributed by atoms with Gasteiger partial charge in [-0.2, -0.15) is 0 Å². The van der Waals surface area contributed by atoms with Gasteiger partial charge in [0.15, 0.2) is 0 Å². The molecule has 0 spiro atoms. The molecule has 0 saturated carbocycles. The molecule has 0 aliphatic carbocycles. The molecular weight excluding hydrogens is 424 g/mol. The van der Waals surface area contributed by atoms with Crippen LogP contribution in [-0.4, -0.2) is 50.8 Å². The molecule has 0 unspecified atom stereocenters. The number of rotatable bonds is 11. The van der Waals surface area contributed by atoms with Gasteiger partial charge in [-0.1, -0.05) is 0 Å². The number of carbonyl (C=O) groups is 1. The van der Waals surface area contributed by atoms with Crippen molar-refractivity contribution in [3.8, 4) is 5.75 Å². The third kappa shape index (κ3) is 6.66. The van der Waals surface area contributed by atoms with Gasteiger partial charge in [0.25, 0.3) is 5.69 Å². The van der Waals surface area contributed by atoms with Crippen molar-refractivity contribution >= 4 is 33.0 Å². The van der Waals surface area contributed by atoms with Gasteiger partial charge in [-0.25, -0.2) is 12.7 Å². The van der Waals surface area contributed by atoms with Crippen molar-refractivity contribution in [2.24, 2.45) is 0 Å². The van der Waals surface area contributed by atoms with Crippen LogP contribution in [0.3, 0.4) is 0 Å². The Kier molecular flexibility index (Phi) is 8.34. The molecule has 0 fully saturated rings. The number of nitrogens with one attached hydrogen (secondary N) is 2. The number of nitro benzene ring substituents is 1. The molecule has 2 aromatic rings. The molecule has 2 rings (SSSR count). The Morgan fingerprint density at radius 1 is 1.13 bits per heavy atom. The van der Waals surface area contributed by atoms with Crippen LogP contribution in [0.5, 0.6) is 5.75 Å². The monoisotopic (exact) mass is 450 g/mol. The lowest BCUT2D eigenvalue weighted by atomic mass is 10.2. The number of amides is 1. The number of non-ortho nitro benzene ring substituents is 1. The molecule has 1 amide bonds. The first-order valence-electron chi connectivity index (χ1n) is 9.62. The first-order valence-corrected chi connectivity index (χ1v) is 11.1. The minimum absolute atomic E-state index is 0.0101. The van der Waals surface area contributed by atoms with Gasteiger partial charge in [-0.15, -0.1) is 0 Å². The van der Waals surface area contributed by atoms with E-state index in [0.717, 1.165) is 9.99 Å². The number of nitro groups is 1. The lowest BCUT2D eigenvalue weighted by Crippen LogP contribution is -2.23. The average Bonchev–Trinajstić information content (AvgIpc) is 2.72. The van der Waals surface area contributed by atoms with E-state index in [1.807, 2.05) is 0 Å². The largest absolute Gasteiger partial charge is 0.492 e. The molecular formula is C20H26N4O6S. The summed E-state index contributed by atoms with van der Waals surface area (Å²) in [6, 6.07) is 10.5. The maximum Gasteiger partial charge on any atom is 0.269 e. The smallest absolute Gasteiger partial charge is 0.269 e. The van der Waals surface area contributed by atoms with E-state index in [9.17, 15) is 23.3 Å². The summed E-state index contributed by atoms with van der Waals surface area (Å²) in [6.07, 6.45) is 0.728. The molecule has 0 aliphatic heterocycles. The number of hydrogen-bond donors (Lipinski definition) is 2. The summed E-state index contributed by atoms with van der Waals surface area (Å²) in [5, 5.41) is 16.4. The van der Waals surface area contributed by atoms with E-state index < -0.39 is 14.9 Å². The molecule has 0 aromatic heterocycles. The molecule has 0 bridgehead atoms. The zero-order chi connectivity index (χ0) is 23.0. The van der Waals surface area contributed by atoms with E-state index in [-0.39, 0.29) is 28.7 Å². The minimum Gasteiger partial charge on any atom is -0.492 e. The minimum atomic E-state index is -3.74. The van der Waals surface area contributed by atoms with E-state index in [2.05, 4.69) is 10.6 Å². The van der Waals surface area contributed by atoms with Crippen molar-refractivity contribution in [3.05, 3.63) is 52.6 Å². The Balaban J connectivity index is 1.93. The van der Waals surface area contributed by atoms with Gasteiger partial charge in [-0.3, -0.25) is 14.9 Å². The van der Waals surface area contributed by atoms with E-state index in [0.29, 0.717) is 25.3 Å². The van der Waals surface area contributed by atoms with Gasteiger partial charge in [0.2, 0.25) is 15.9 Å². The number of nitrogens with zero attached hydrogens (tertiary/aromatic N) is 2. The molecule has 11 heteroatoms. The van der Waals surface area contributed by atoms with Crippen LogP contribution >= 0.6 is 0 Å². The molecule has 2 aromatic carbocycles. The van der Waals surface area contributed by atoms with Gasteiger partial charge in [0.1, 0.15) is 10.6 Å². The Morgan fingerprint density at radius 3 is 2.35 bits per heavy atom. The SMILES string of the molecule is CCOc1ccc(NC(=O)CCCNc2ccc([N+](=O)[O-])cc2)cc1S(=O)(=O)N(C)C. The van der Waals surface area contributed by atoms with Crippen LogP contribution in [0.15, 0.2) is 47.4 Å². The molecule has 0 radical (unpaired) electrons. The number of carbonyl (C=O) groups excluding carboxylic acids is 1. The number of anilines is 2. The third-order valence-electron chi connectivity index (χ3n) is 4.27. The van der Waals surface area contributed by atoms with E-state index in [1.165, 1.54) is 38.4 Å². The first kappa shape index (κ1) is 24.1. The quantitative estimate of drug-likeness (QED) is 0.305. The van der Waals surface area contributed by atoms with Crippen LogP contribution in [0.25, 0.3) is 0 Å². The topological polar surface area (TPSA) is 131 Å². The first-order chi connectivity index (χ1) is 14.6. The highest BCUT2D eigenvalue weighted by atomic mass is 32.2. The van der Waals surface area contributed by atoms with Crippen molar-refractivity contribution in [3.63, 3.8) is 0 Å². The number of hydrogen-bond acceptors (Lipinski definition) is 7. The maximum atomic E-state index is 12.6. The van der Waals surface area contributed by atoms with Crippen LogP contribution < -0.4 is 15.4 Å². The maximum absolute atomic E-state index is 12.6. The van der Waals surface area contributed by atoms with Crippen LogP contribution in [-0.2, 0) is 14.8 Å². The highest BCUT2D eigenvalue weighted by Crippen LogP contribution is 2.29. The van der Waals surface area contributed by atoms with Gasteiger partial charge < -0.3 is 15.4 Å². The summed E-state index contributed by atoms with van der Waals surface area (Å²) in [5.41, 5.74) is 1.09. The van der Waals surface area contributed by atoms with Crippen molar-refractivity contribution in [2.45, 2.75) is 24.7 Å². The Morgan fingerprint density at radius 2 is 1.77 bits per heavy atom. The summed E-state index contributed by atoms with van der Waals surface area (Å²) in [6.45, 7) is 2.56. The van der Waals surface area contributed by atoms with Crippen LogP contribution in [0.4, 0.5) is 17.1 Å². The van der Waals surface area contributed by atoms with Crippen molar-refractivity contribution in [1.82, 2.24) is 4.31 Å². The van der Waals surface area contributed by atoms with E-state index in [1.54, 1.807) is 25.1 Å². The third-order valence-corrected chi connectivity index (χ3v) is 6.11. The summed E-state index contributed by atoms with van der Waals surface area (Å²) >= 11 is 0.